The molecule has 1 atom stereocenters. The van der Waals surface area contributed by atoms with Gasteiger partial charge in [0, 0.05) is 30.8 Å². The predicted molar refractivity (Wildman–Crippen MR) is 88.6 cm³/mol. The molecule has 2 aliphatic rings. The van der Waals surface area contributed by atoms with E-state index in [1.165, 1.54) is 10.4 Å². The highest BCUT2D eigenvalue weighted by atomic mass is 32.1. The zero-order chi connectivity index (χ0) is 14.8. The first-order chi connectivity index (χ1) is 10.9. The van der Waals surface area contributed by atoms with Gasteiger partial charge in [-0.3, -0.25) is 0 Å². The van der Waals surface area contributed by atoms with Gasteiger partial charge < -0.3 is 15.0 Å². The molecule has 2 aliphatic heterocycles. The minimum Gasteiger partial charge on any atom is -0.379 e. The third-order valence-corrected chi connectivity index (χ3v) is 5.27. The Morgan fingerprint density at radius 2 is 2.36 bits per heavy atom. The fraction of sp³-hybridized carbons (Fsp3) is 0.500. The fourth-order valence-corrected chi connectivity index (χ4v) is 3.95. The normalized spacial score (nSPS) is 21.5. The van der Waals surface area contributed by atoms with Crippen LogP contribution in [0.15, 0.2) is 23.7 Å². The largest absolute Gasteiger partial charge is 0.379 e. The van der Waals surface area contributed by atoms with Crippen molar-refractivity contribution < 1.29 is 4.74 Å². The van der Waals surface area contributed by atoms with E-state index in [4.69, 9.17) is 9.72 Å². The number of rotatable bonds is 3. The van der Waals surface area contributed by atoms with Crippen molar-refractivity contribution in [1.82, 2.24) is 9.97 Å². The number of hydrogen-bond donors (Lipinski definition) is 1. The van der Waals surface area contributed by atoms with Gasteiger partial charge in [-0.1, -0.05) is 0 Å². The van der Waals surface area contributed by atoms with E-state index >= 15 is 0 Å². The maximum absolute atomic E-state index is 5.52. The van der Waals surface area contributed by atoms with Gasteiger partial charge in [-0.25, -0.2) is 4.98 Å². The van der Waals surface area contributed by atoms with Crippen LogP contribution in [0.2, 0.25) is 0 Å². The third-order valence-electron chi connectivity index (χ3n) is 4.25. The Hall–Kier alpha value is -1.66. The van der Waals surface area contributed by atoms with Crippen molar-refractivity contribution in [2.75, 3.05) is 30.0 Å². The quantitative estimate of drug-likeness (QED) is 0.943. The molecule has 0 spiro atoms. The van der Waals surface area contributed by atoms with Crippen LogP contribution in [0.5, 0.6) is 0 Å². The molecule has 116 valence electrons. The van der Waals surface area contributed by atoms with E-state index in [9.17, 15) is 0 Å². The molecule has 1 saturated heterocycles. The van der Waals surface area contributed by atoms with Crippen LogP contribution in [0.25, 0.3) is 0 Å². The Morgan fingerprint density at radius 3 is 3.27 bits per heavy atom. The molecule has 0 unspecified atom stereocenters. The number of thiophene rings is 1. The molecule has 0 amide bonds. The summed E-state index contributed by atoms with van der Waals surface area (Å²) in [6, 6.07) is 4.52. The second-order valence-corrected chi connectivity index (χ2v) is 6.84. The van der Waals surface area contributed by atoms with E-state index in [1.54, 1.807) is 0 Å². The van der Waals surface area contributed by atoms with Crippen LogP contribution in [0.3, 0.4) is 0 Å². The lowest BCUT2D eigenvalue weighted by atomic mass is 10.1. The molecule has 0 saturated carbocycles. The Kier molecular flexibility index (Phi) is 3.95. The highest BCUT2D eigenvalue weighted by Gasteiger charge is 2.20. The van der Waals surface area contributed by atoms with Gasteiger partial charge in [0.05, 0.1) is 12.6 Å². The molecule has 1 fully saturated rings. The van der Waals surface area contributed by atoms with E-state index < -0.39 is 0 Å². The first-order valence-electron chi connectivity index (χ1n) is 7.86. The zero-order valence-electron chi connectivity index (χ0n) is 12.5. The van der Waals surface area contributed by atoms with Crippen LogP contribution in [0.4, 0.5) is 11.8 Å². The average Bonchev–Trinajstić information content (AvgIpc) is 3.04. The van der Waals surface area contributed by atoms with Crippen LogP contribution in [0.1, 0.15) is 23.3 Å². The molecule has 2 aromatic rings. The van der Waals surface area contributed by atoms with Crippen LogP contribution in [-0.2, 0) is 17.7 Å². The van der Waals surface area contributed by atoms with E-state index in [0.29, 0.717) is 6.04 Å². The number of aromatic nitrogens is 2. The van der Waals surface area contributed by atoms with Crippen LogP contribution in [-0.4, -0.2) is 35.8 Å². The summed E-state index contributed by atoms with van der Waals surface area (Å²) in [7, 11) is 0. The summed E-state index contributed by atoms with van der Waals surface area (Å²) >= 11 is 1.86. The van der Waals surface area contributed by atoms with Crippen molar-refractivity contribution >= 4 is 23.1 Å². The maximum Gasteiger partial charge on any atom is 0.227 e. The van der Waals surface area contributed by atoms with Crippen LogP contribution < -0.4 is 10.2 Å². The maximum atomic E-state index is 5.52. The van der Waals surface area contributed by atoms with Crippen molar-refractivity contribution in [3.63, 3.8) is 0 Å². The Labute approximate surface area is 134 Å². The van der Waals surface area contributed by atoms with Crippen molar-refractivity contribution in [2.24, 2.45) is 0 Å². The van der Waals surface area contributed by atoms with Crippen molar-refractivity contribution in [1.29, 1.82) is 0 Å². The van der Waals surface area contributed by atoms with E-state index in [2.05, 4.69) is 26.6 Å². The summed E-state index contributed by atoms with van der Waals surface area (Å²) in [6.07, 6.45) is 5.19. The van der Waals surface area contributed by atoms with Gasteiger partial charge in [0.2, 0.25) is 5.95 Å². The van der Waals surface area contributed by atoms with Crippen molar-refractivity contribution in [3.8, 4) is 0 Å². The summed E-state index contributed by atoms with van der Waals surface area (Å²) in [5.74, 6) is 1.72. The molecular weight excluding hydrogens is 296 g/mol. The number of fused-ring (bicyclic) bond motifs is 1. The number of nitrogens with one attached hydrogen (secondary N) is 1. The van der Waals surface area contributed by atoms with E-state index in [-0.39, 0.29) is 0 Å². The highest BCUT2D eigenvalue weighted by molar-refractivity contribution is 7.10. The summed E-state index contributed by atoms with van der Waals surface area (Å²) in [6.45, 7) is 3.55. The number of hydrogen-bond acceptors (Lipinski definition) is 6. The fourth-order valence-electron chi connectivity index (χ4n) is 3.06. The third kappa shape index (κ3) is 2.94. The summed E-state index contributed by atoms with van der Waals surface area (Å²) in [4.78, 5) is 12.9. The number of nitrogens with zero attached hydrogens (tertiary/aromatic N) is 3. The number of ether oxygens (including phenoxy) is 1. The summed E-state index contributed by atoms with van der Waals surface area (Å²) < 4.78 is 5.52. The Bertz CT molecular complexity index is 639. The summed E-state index contributed by atoms with van der Waals surface area (Å²) in [5, 5.41) is 5.65. The molecule has 0 radical (unpaired) electrons. The Morgan fingerprint density at radius 1 is 1.36 bits per heavy atom. The molecule has 22 heavy (non-hydrogen) atoms. The first kappa shape index (κ1) is 14.0. The lowest BCUT2D eigenvalue weighted by molar-refractivity contribution is 0.0875. The molecule has 5 nitrogen and oxygen atoms in total. The average molecular weight is 316 g/mol. The predicted octanol–water partition coefficient (Wildman–Crippen LogP) is 2.69. The van der Waals surface area contributed by atoms with Gasteiger partial charge in [-0.05, 0) is 42.3 Å². The molecule has 4 rings (SSSR count). The van der Waals surface area contributed by atoms with E-state index in [0.717, 1.165) is 57.3 Å². The monoisotopic (exact) mass is 316 g/mol. The molecule has 1 N–H and O–H groups in total. The van der Waals surface area contributed by atoms with Crippen LogP contribution >= 0.6 is 11.3 Å². The molecule has 0 aliphatic carbocycles. The standard InChI is InChI=1S/C16H20N4OS/c1-2-13(11-21-8-1)18-15-3-6-17-16(19-15)20-7-4-14-12(10-20)5-9-22-14/h3,5-6,9,13H,1-2,4,7-8,10-11H2,(H,17,18,19)/t13-/m0/s1. The second-order valence-electron chi connectivity index (χ2n) is 5.84. The molecule has 2 aromatic heterocycles. The summed E-state index contributed by atoms with van der Waals surface area (Å²) in [5.41, 5.74) is 1.42. The van der Waals surface area contributed by atoms with Crippen molar-refractivity contribution in [3.05, 3.63) is 34.2 Å². The van der Waals surface area contributed by atoms with Gasteiger partial charge in [-0.2, -0.15) is 4.98 Å². The molecule has 6 heteroatoms. The molecule has 0 aromatic carbocycles. The van der Waals surface area contributed by atoms with Gasteiger partial charge >= 0.3 is 0 Å². The lowest BCUT2D eigenvalue weighted by Gasteiger charge is -2.28. The first-order valence-corrected chi connectivity index (χ1v) is 8.74. The van der Waals surface area contributed by atoms with Gasteiger partial charge in [0.25, 0.3) is 0 Å². The number of anilines is 2. The highest BCUT2D eigenvalue weighted by Crippen LogP contribution is 2.26. The molecular formula is C16H20N4OS. The van der Waals surface area contributed by atoms with Gasteiger partial charge in [0.15, 0.2) is 0 Å². The lowest BCUT2D eigenvalue weighted by Crippen LogP contribution is -2.32. The second kappa shape index (κ2) is 6.22. The molecule has 4 heterocycles. The Balaban J connectivity index is 1.47. The van der Waals surface area contributed by atoms with E-state index in [1.807, 2.05) is 23.6 Å². The minimum absolute atomic E-state index is 0.362. The van der Waals surface area contributed by atoms with Crippen LogP contribution in [0, 0.1) is 0 Å². The van der Waals surface area contributed by atoms with Gasteiger partial charge in [-0.15, -0.1) is 11.3 Å². The van der Waals surface area contributed by atoms with Gasteiger partial charge in [0.1, 0.15) is 5.82 Å². The minimum atomic E-state index is 0.362. The molecule has 0 bridgehead atoms. The topological polar surface area (TPSA) is 50.3 Å². The smallest absolute Gasteiger partial charge is 0.227 e. The SMILES string of the molecule is c1cc(N[C@H]2CCCOC2)nc(N2CCc3sccc3C2)n1. The zero-order valence-corrected chi connectivity index (χ0v) is 13.3. The van der Waals surface area contributed by atoms with Crippen molar-refractivity contribution in [2.45, 2.75) is 31.8 Å².